The second-order valence-corrected chi connectivity index (χ2v) is 10.8. The third-order valence-electron chi connectivity index (χ3n) is 8.05. The van der Waals surface area contributed by atoms with Gasteiger partial charge in [-0.15, -0.1) is 0 Å². The summed E-state index contributed by atoms with van der Waals surface area (Å²) in [5.41, 5.74) is 9.03. The fourth-order valence-electron chi connectivity index (χ4n) is 6.42. The highest BCUT2D eigenvalue weighted by atomic mass is 16.6. The van der Waals surface area contributed by atoms with Gasteiger partial charge in [0, 0.05) is 6.20 Å². The molecule has 0 radical (unpaired) electrons. The Morgan fingerprint density at radius 3 is 2.75 bits per heavy atom. The second-order valence-electron chi connectivity index (χ2n) is 10.8. The van der Waals surface area contributed by atoms with Crippen LogP contribution in [0.15, 0.2) is 30.2 Å². The van der Waals surface area contributed by atoms with E-state index in [0.29, 0.717) is 17.2 Å². The molecule has 1 saturated carbocycles. The van der Waals surface area contributed by atoms with E-state index in [1.807, 2.05) is 6.07 Å². The van der Waals surface area contributed by atoms with Crippen LogP contribution in [-0.4, -0.2) is 56.6 Å². The van der Waals surface area contributed by atoms with Crippen molar-refractivity contribution < 1.29 is 9.84 Å². The Bertz CT molecular complexity index is 999. The largest absolute Gasteiger partial charge is 0.383 e. The van der Waals surface area contributed by atoms with E-state index in [1.54, 1.807) is 19.4 Å². The van der Waals surface area contributed by atoms with Gasteiger partial charge in [-0.3, -0.25) is 0 Å². The van der Waals surface area contributed by atoms with Gasteiger partial charge in [0.1, 0.15) is 17.8 Å². The molecule has 2 fully saturated rings. The number of nitrogens with zero attached hydrogens (tertiary/aromatic N) is 4. The van der Waals surface area contributed by atoms with Crippen molar-refractivity contribution in [1.82, 2.24) is 19.4 Å². The number of fused-ring (bicyclic) bond motifs is 1. The molecule has 1 unspecified atom stereocenters. The predicted octanol–water partition coefficient (Wildman–Crippen LogP) is 3.90. The van der Waals surface area contributed by atoms with E-state index in [0.717, 1.165) is 30.3 Å². The molecule has 174 valence electrons. The summed E-state index contributed by atoms with van der Waals surface area (Å²) >= 11 is 0. The lowest BCUT2D eigenvalue weighted by Gasteiger charge is -2.41. The number of nitrogen functional groups attached to an aromatic ring is 1. The summed E-state index contributed by atoms with van der Waals surface area (Å²) in [6.07, 6.45) is 14.3. The molecule has 0 amide bonds. The Morgan fingerprint density at radius 1 is 1.22 bits per heavy atom. The number of aliphatic hydroxyl groups is 1. The van der Waals surface area contributed by atoms with E-state index in [-0.39, 0.29) is 12.1 Å². The number of hydrogen-bond acceptors (Lipinski definition) is 6. The highest BCUT2D eigenvalue weighted by Crippen LogP contribution is 2.52. The van der Waals surface area contributed by atoms with Crippen LogP contribution in [0.25, 0.3) is 11.0 Å². The standard InChI is InChI=1S/C25H37N5O2/c1-24(2,31)32-21-15-17(13-18-5-4-7-25(18)8-11-29(3)12-9-25)14-20(21)30-10-6-19-22(26)27-16-28-23(19)30/h5-6,10,16-17,20-21,31H,4,7-9,11-15H2,1-3H3,(H2,26,27,28)/t17-,20+,21?/m0/s1. The Hall–Kier alpha value is -1.96. The van der Waals surface area contributed by atoms with Crippen LogP contribution in [0.1, 0.15) is 64.8 Å². The molecular formula is C25H37N5O2. The number of allylic oxidation sites excluding steroid dienone is 2. The lowest BCUT2D eigenvalue weighted by Crippen LogP contribution is -2.38. The summed E-state index contributed by atoms with van der Waals surface area (Å²) in [5, 5.41) is 11.3. The van der Waals surface area contributed by atoms with E-state index in [9.17, 15) is 5.11 Å². The number of hydrogen-bond donors (Lipinski definition) is 2. The molecule has 0 bridgehead atoms. The normalized spacial score (nSPS) is 28.6. The summed E-state index contributed by atoms with van der Waals surface area (Å²) in [5.74, 6) is -0.134. The van der Waals surface area contributed by atoms with Crippen molar-refractivity contribution >= 4 is 16.9 Å². The molecule has 1 saturated heterocycles. The average molecular weight is 440 g/mol. The third-order valence-corrected chi connectivity index (χ3v) is 8.05. The van der Waals surface area contributed by atoms with Gasteiger partial charge in [0.15, 0.2) is 5.79 Å². The van der Waals surface area contributed by atoms with Gasteiger partial charge in [0.05, 0.1) is 17.5 Å². The monoisotopic (exact) mass is 439 g/mol. The van der Waals surface area contributed by atoms with Crippen LogP contribution in [-0.2, 0) is 4.74 Å². The van der Waals surface area contributed by atoms with Gasteiger partial charge in [-0.1, -0.05) is 11.6 Å². The minimum absolute atomic E-state index is 0.0674. The highest BCUT2D eigenvalue weighted by molar-refractivity contribution is 5.86. The smallest absolute Gasteiger partial charge is 0.160 e. The maximum absolute atomic E-state index is 10.5. The molecule has 2 aliphatic carbocycles. The van der Waals surface area contributed by atoms with E-state index < -0.39 is 5.79 Å². The summed E-state index contributed by atoms with van der Waals surface area (Å²) in [7, 11) is 2.24. The Morgan fingerprint density at radius 2 is 2.00 bits per heavy atom. The van der Waals surface area contributed by atoms with Crippen molar-refractivity contribution in [2.24, 2.45) is 11.3 Å². The van der Waals surface area contributed by atoms with Crippen molar-refractivity contribution in [1.29, 1.82) is 0 Å². The van der Waals surface area contributed by atoms with E-state index in [1.165, 1.54) is 45.1 Å². The summed E-state index contributed by atoms with van der Waals surface area (Å²) < 4.78 is 8.39. The first kappa shape index (κ1) is 21.9. The van der Waals surface area contributed by atoms with Crippen molar-refractivity contribution in [3.8, 4) is 0 Å². The third kappa shape index (κ3) is 4.06. The van der Waals surface area contributed by atoms with Crippen LogP contribution < -0.4 is 5.73 Å². The van der Waals surface area contributed by atoms with Crippen molar-refractivity contribution in [3.63, 3.8) is 0 Å². The zero-order valence-corrected chi connectivity index (χ0v) is 19.6. The maximum Gasteiger partial charge on any atom is 0.160 e. The number of piperidine rings is 1. The van der Waals surface area contributed by atoms with Gasteiger partial charge in [-0.2, -0.15) is 0 Å². The first-order valence-electron chi connectivity index (χ1n) is 12.1. The summed E-state index contributed by atoms with van der Waals surface area (Å²) in [6.45, 7) is 5.84. The van der Waals surface area contributed by atoms with Crippen LogP contribution >= 0.6 is 0 Å². The Kier molecular flexibility index (Phi) is 5.55. The molecule has 3 heterocycles. The molecule has 2 aromatic rings. The van der Waals surface area contributed by atoms with Gasteiger partial charge in [0.2, 0.25) is 0 Å². The molecule has 1 aliphatic heterocycles. The molecule has 32 heavy (non-hydrogen) atoms. The van der Waals surface area contributed by atoms with Crippen LogP contribution in [0.2, 0.25) is 0 Å². The number of anilines is 1. The van der Waals surface area contributed by atoms with Crippen LogP contribution in [0.4, 0.5) is 5.82 Å². The zero-order chi connectivity index (χ0) is 22.5. The van der Waals surface area contributed by atoms with Gasteiger partial charge in [-0.05, 0) is 96.3 Å². The number of nitrogens with two attached hydrogens (primary N) is 1. The minimum Gasteiger partial charge on any atom is -0.383 e. The van der Waals surface area contributed by atoms with Crippen molar-refractivity contribution in [3.05, 3.63) is 30.2 Å². The molecule has 1 spiro atoms. The van der Waals surface area contributed by atoms with Gasteiger partial charge >= 0.3 is 0 Å². The quantitative estimate of drug-likeness (QED) is 0.542. The molecule has 5 rings (SSSR count). The Labute approximate surface area is 190 Å². The van der Waals surface area contributed by atoms with Crippen molar-refractivity contribution in [2.45, 2.75) is 76.7 Å². The first-order valence-corrected chi connectivity index (χ1v) is 12.1. The van der Waals surface area contributed by atoms with Crippen LogP contribution in [0, 0.1) is 11.3 Å². The SMILES string of the molecule is CN1CCC2(CCC=C2C[C@@H]2CC(OC(C)(C)O)[C@H](n3ccc4c(N)ncnc43)C2)CC1. The minimum atomic E-state index is -1.17. The molecule has 7 nitrogen and oxygen atoms in total. The number of ether oxygens (including phenoxy) is 1. The lowest BCUT2D eigenvalue weighted by molar-refractivity contribution is -0.210. The Balaban J connectivity index is 1.39. The average Bonchev–Trinajstić information content (AvgIpc) is 3.42. The van der Waals surface area contributed by atoms with Crippen LogP contribution in [0.5, 0.6) is 0 Å². The van der Waals surface area contributed by atoms with Gasteiger partial charge in [-0.25, -0.2) is 9.97 Å². The number of likely N-dealkylation sites (tertiary alicyclic amines) is 1. The summed E-state index contributed by atoms with van der Waals surface area (Å²) in [4.78, 5) is 11.1. The fraction of sp³-hybridized carbons (Fsp3) is 0.680. The molecule has 2 aromatic heterocycles. The zero-order valence-electron chi connectivity index (χ0n) is 19.6. The highest BCUT2D eigenvalue weighted by Gasteiger charge is 2.44. The topological polar surface area (TPSA) is 89.4 Å². The second kappa shape index (κ2) is 8.12. The number of rotatable bonds is 5. The molecule has 3 aliphatic rings. The molecule has 7 heteroatoms. The molecular weight excluding hydrogens is 402 g/mol. The van der Waals surface area contributed by atoms with Crippen molar-refractivity contribution in [2.75, 3.05) is 25.9 Å². The summed E-state index contributed by atoms with van der Waals surface area (Å²) in [6, 6.07) is 2.11. The van der Waals surface area contributed by atoms with E-state index >= 15 is 0 Å². The van der Waals surface area contributed by atoms with Gasteiger partial charge < -0.3 is 25.0 Å². The fourth-order valence-corrected chi connectivity index (χ4v) is 6.42. The van der Waals surface area contributed by atoms with Crippen LogP contribution in [0.3, 0.4) is 0 Å². The maximum atomic E-state index is 10.5. The van der Waals surface area contributed by atoms with E-state index in [2.05, 4.69) is 38.8 Å². The molecule has 3 N–H and O–H groups in total. The van der Waals surface area contributed by atoms with Gasteiger partial charge in [0.25, 0.3) is 0 Å². The predicted molar refractivity (Wildman–Crippen MR) is 126 cm³/mol. The van der Waals surface area contributed by atoms with E-state index in [4.69, 9.17) is 10.5 Å². The number of aromatic nitrogens is 3. The molecule has 3 atom stereocenters. The lowest BCUT2D eigenvalue weighted by atomic mass is 9.71. The molecule has 0 aromatic carbocycles. The first-order chi connectivity index (χ1) is 15.2.